The van der Waals surface area contributed by atoms with Crippen molar-refractivity contribution < 1.29 is 8.78 Å². The van der Waals surface area contributed by atoms with Gasteiger partial charge >= 0.3 is 0 Å². The summed E-state index contributed by atoms with van der Waals surface area (Å²) in [4.78, 5) is 0. The second-order valence-electron chi connectivity index (χ2n) is 1.56. The van der Waals surface area contributed by atoms with E-state index in [0.29, 0.717) is 0 Å². The Morgan fingerprint density at radius 2 is 1.73 bits per heavy atom. The van der Waals surface area contributed by atoms with Crippen molar-refractivity contribution in [1.29, 1.82) is 0 Å². The zero-order valence-corrected chi connectivity index (χ0v) is 7.95. The lowest BCUT2D eigenvalue weighted by atomic mass is 10.3. The summed E-state index contributed by atoms with van der Waals surface area (Å²) in [6, 6.07) is 3.34. The van der Waals surface area contributed by atoms with Crippen LogP contribution < -0.4 is 0 Å². The molecular weight excluding hydrogens is 214 g/mol. The summed E-state index contributed by atoms with van der Waals surface area (Å²) in [6.45, 7) is 4.00. The average Bonchev–Trinajstić information content (AvgIpc) is 2.02. The van der Waals surface area contributed by atoms with Crippen LogP contribution in [-0.2, 0) is 0 Å². The van der Waals surface area contributed by atoms with E-state index in [2.05, 4.69) is 15.9 Å². The minimum atomic E-state index is -0.574. The Kier molecular flexibility index (Phi) is 5.03. The van der Waals surface area contributed by atoms with E-state index in [1.165, 1.54) is 12.1 Å². The fourth-order valence-electron chi connectivity index (χ4n) is 0.470. The molecule has 0 amide bonds. The Balaban J connectivity index is 0.000000461. The summed E-state index contributed by atoms with van der Waals surface area (Å²) in [7, 11) is 0. The molecule has 0 N–H and O–H groups in total. The van der Waals surface area contributed by atoms with Gasteiger partial charge in [-0.15, -0.1) is 0 Å². The molecule has 0 aliphatic carbocycles. The van der Waals surface area contributed by atoms with Crippen molar-refractivity contribution in [3.63, 3.8) is 0 Å². The van der Waals surface area contributed by atoms with Crippen LogP contribution in [0.5, 0.6) is 0 Å². The minimum absolute atomic E-state index is 0.281. The molecule has 0 atom stereocenters. The maximum atomic E-state index is 12.3. The van der Waals surface area contributed by atoms with Crippen LogP contribution >= 0.6 is 15.9 Å². The number of halogens is 3. The monoisotopic (exact) mass is 222 g/mol. The second kappa shape index (κ2) is 5.24. The normalized spacial score (nSPS) is 8.45. The first-order valence-electron chi connectivity index (χ1n) is 3.30. The van der Waals surface area contributed by atoms with Crippen LogP contribution in [0.4, 0.5) is 8.78 Å². The second-order valence-corrected chi connectivity index (χ2v) is 2.41. The predicted molar refractivity (Wildman–Crippen MR) is 45.4 cm³/mol. The fourth-order valence-corrected chi connectivity index (χ4v) is 0.717. The van der Waals surface area contributed by atoms with Gasteiger partial charge in [0, 0.05) is 6.07 Å². The van der Waals surface area contributed by atoms with Crippen LogP contribution in [0.3, 0.4) is 0 Å². The van der Waals surface area contributed by atoms with Gasteiger partial charge in [0.15, 0.2) is 0 Å². The molecule has 0 heterocycles. The summed E-state index contributed by atoms with van der Waals surface area (Å²) >= 11 is 2.89. The smallest absolute Gasteiger partial charge is 0.140 e. The molecule has 1 rings (SSSR count). The zero-order chi connectivity index (χ0) is 8.85. The van der Waals surface area contributed by atoms with Crippen molar-refractivity contribution in [1.82, 2.24) is 0 Å². The molecule has 0 unspecified atom stereocenters. The van der Waals surface area contributed by atoms with Crippen molar-refractivity contribution in [2.24, 2.45) is 0 Å². The van der Waals surface area contributed by atoms with E-state index in [0.717, 1.165) is 6.07 Å². The van der Waals surface area contributed by atoms with E-state index < -0.39 is 11.6 Å². The van der Waals surface area contributed by atoms with Crippen molar-refractivity contribution in [3.8, 4) is 0 Å². The summed E-state index contributed by atoms with van der Waals surface area (Å²) in [5.74, 6) is -1.13. The highest BCUT2D eigenvalue weighted by Gasteiger charge is 1.97. The lowest BCUT2D eigenvalue weighted by molar-refractivity contribution is 0.579. The topological polar surface area (TPSA) is 0 Å². The van der Waals surface area contributed by atoms with Gasteiger partial charge in [-0.3, -0.25) is 0 Å². The lowest BCUT2D eigenvalue weighted by Crippen LogP contribution is -1.78. The Hall–Kier alpha value is -0.440. The van der Waals surface area contributed by atoms with E-state index in [4.69, 9.17) is 0 Å². The van der Waals surface area contributed by atoms with Gasteiger partial charge in [0.05, 0.1) is 4.47 Å². The van der Waals surface area contributed by atoms with Crippen molar-refractivity contribution in [2.45, 2.75) is 13.8 Å². The zero-order valence-electron chi connectivity index (χ0n) is 6.37. The van der Waals surface area contributed by atoms with Crippen LogP contribution in [0.2, 0.25) is 0 Å². The van der Waals surface area contributed by atoms with Crippen LogP contribution in [0.15, 0.2) is 22.7 Å². The molecule has 0 radical (unpaired) electrons. The van der Waals surface area contributed by atoms with Gasteiger partial charge in [0.25, 0.3) is 0 Å². The molecule has 0 nitrogen and oxygen atoms in total. The molecule has 0 spiro atoms. The van der Waals surface area contributed by atoms with Gasteiger partial charge in [-0.1, -0.05) is 13.8 Å². The molecule has 0 bridgehead atoms. The molecule has 11 heavy (non-hydrogen) atoms. The van der Waals surface area contributed by atoms with E-state index in [9.17, 15) is 8.78 Å². The SMILES string of the molecule is CC.Fc1ccc(Br)c(F)c1. The van der Waals surface area contributed by atoms with Crippen molar-refractivity contribution >= 4 is 15.9 Å². The molecule has 62 valence electrons. The maximum Gasteiger partial charge on any atom is 0.140 e. The third-order valence-corrected chi connectivity index (χ3v) is 1.52. The molecule has 0 saturated heterocycles. The minimum Gasteiger partial charge on any atom is -0.207 e. The molecule has 1 aromatic rings. The predicted octanol–water partition coefficient (Wildman–Crippen LogP) is 3.75. The van der Waals surface area contributed by atoms with Gasteiger partial charge < -0.3 is 0 Å². The van der Waals surface area contributed by atoms with Crippen LogP contribution in [-0.4, -0.2) is 0 Å². The van der Waals surface area contributed by atoms with Crippen LogP contribution in [0.25, 0.3) is 0 Å². The van der Waals surface area contributed by atoms with E-state index >= 15 is 0 Å². The van der Waals surface area contributed by atoms with Crippen LogP contribution in [0, 0.1) is 11.6 Å². The number of hydrogen-bond acceptors (Lipinski definition) is 0. The summed E-state index contributed by atoms with van der Waals surface area (Å²) in [5, 5.41) is 0. The number of rotatable bonds is 0. The van der Waals surface area contributed by atoms with Crippen LogP contribution in [0.1, 0.15) is 13.8 Å². The number of benzene rings is 1. The molecule has 1 aromatic carbocycles. The summed E-state index contributed by atoms with van der Waals surface area (Å²) < 4.78 is 24.7. The van der Waals surface area contributed by atoms with Crippen molar-refractivity contribution in [2.75, 3.05) is 0 Å². The van der Waals surface area contributed by atoms with Gasteiger partial charge in [-0.25, -0.2) is 8.78 Å². The largest absolute Gasteiger partial charge is 0.207 e. The average molecular weight is 223 g/mol. The highest BCUT2D eigenvalue weighted by Crippen LogP contribution is 2.14. The Labute approximate surface area is 73.4 Å². The quantitative estimate of drug-likeness (QED) is 0.587. The highest BCUT2D eigenvalue weighted by molar-refractivity contribution is 9.10. The summed E-state index contributed by atoms with van der Waals surface area (Å²) in [6.07, 6.45) is 0. The third-order valence-electron chi connectivity index (χ3n) is 0.882. The van der Waals surface area contributed by atoms with Gasteiger partial charge in [0.2, 0.25) is 0 Å². The standard InChI is InChI=1S/C6H3BrF2.C2H6/c7-5-2-1-4(8)3-6(5)9;1-2/h1-3H;1-2H3. The fraction of sp³-hybridized carbons (Fsp3) is 0.250. The third kappa shape index (κ3) is 3.46. The van der Waals surface area contributed by atoms with Gasteiger partial charge in [-0.05, 0) is 28.1 Å². The lowest BCUT2D eigenvalue weighted by Gasteiger charge is -1.90. The Bertz CT molecular complexity index is 223. The number of hydrogen-bond donors (Lipinski definition) is 0. The van der Waals surface area contributed by atoms with E-state index in [1.54, 1.807) is 0 Å². The maximum absolute atomic E-state index is 12.3. The van der Waals surface area contributed by atoms with Gasteiger partial charge in [-0.2, -0.15) is 0 Å². The molecule has 0 aliphatic heterocycles. The Morgan fingerprint density at radius 3 is 2.09 bits per heavy atom. The van der Waals surface area contributed by atoms with E-state index in [1.807, 2.05) is 13.8 Å². The van der Waals surface area contributed by atoms with Crippen molar-refractivity contribution in [3.05, 3.63) is 34.3 Å². The molecule has 0 aromatic heterocycles. The first-order valence-corrected chi connectivity index (χ1v) is 4.10. The first-order chi connectivity index (χ1) is 5.20. The molecular formula is C8H9BrF2. The molecule has 0 saturated carbocycles. The Morgan fingerprint density at radius 1 is 1.18 bits per heavy atom. The highest BCUT2D eigenvalue weighted by atomic mass is 79.9. The van der Waals surface area contributed by atoms with Gasteiger partial charge in [0.1, 0.15) is 11.6 Å². The first kappa shape index (κ1) is 10.6. The summed E-state index contributed by atoms with van der Waals surface area (Å²) in [5.41, 5.74) is 0. The molecule has 0 fully saturated rings. The molecule has 0 aliphatic rings. The van der Waals surface area contributed by atoms with E-state index in [-0.39, 0.29) is 4.47 Å². The molecule has 3 heteroatoms.